The van der Waals surface area contributed by atoms with E-state index in [0.29, 0.717) is 40.7 Å². The lowest BCUT2D eigenvalue weighted by atomic mass is 10.1. The lowest BCUT2D eigenvalue weighted by Crippen LogP contribution is -2.27. The average Bonchev–Trinajstić information content (AvgIpc) is 3.24. The minimum atomic E-state index is -0.427. The quantitative estimate of drug-likeness (QED) is 0.431. The molecule has 2 heterocycles. The number of hydrogen-bond donors (Lipinski definition) is 1. The number of carbonyl (C=O) groups excluding carboxylic acids is 2. The lowest BCUT2D eigenvalue weighted by Gasteiger charge is -2.15. The number of esters is 1. The zero-order valence-corrected chi connectivity index (χ0v) is 16.7. The van der Waals surface area contributed by atoms with Gasteiger partial charge in [0.25, 0.3) is 0 Å². The normalized spacial score (nSPS) is 15.6. The Kier molecular flexibility index (Phi) is 6.57. The number of amides is 1. The van der Waals surface area contributed by atoms with Gasteiger partial charge in [0.1, 0.15) is 0 Å². The highest BCUT2D eigenvalue weighted by Crippen LogP contribution is 2.29. The van der Waals surface area contributed by atoms with E-state index in [2.05, 4.69) is 15.2 Å². The van der Waals surface area contributed by atoms with Crippen LogP contribution in [0.25, 0.3) is 11.4 Å². The van der Waals surface area contributed by atoms with Crippen LogP contribution < -0.4 is 0 Å². The molecule has 142 valence electrons. The molecule has 1 aliphatic rings. The van der Waals surface area contributed by atoms with Gasteiger partial charge in [0.15, 0.2) is 5.82 Å². The SMILES string of the molecule is CCOC(=O)/C=C1/SCC(=O)N1CCSc1n[nH]c(-c2ccc(C)cc2)n1. The first-order valence-corrected chi connectivity index (χ1v) is 10.5. The van der Waals surface area contributed by atoms with Gasteiger partial charge < -0.3 is 9.64 Å². The molecule has 1 N–H and O–H groups in total. The van der Waals surface area contributed by atoms with Crippen molar-refractivity contribution >= 4 is 35.4 Å². The lowest BCUT2D eigenvalue weighted by molar-refractivity contribution is -0.137. The predicted molar refractivity (Wildman–Crippen MR) is 106 cm³/mol. The Bertz CT molecular complexity index is 849. The Balaban J connectivity index is 1.56. The van der Waals surface area contributed by atoms with Gasteiger partial charge in [0.05, 0.1) is 23.5 Å². The van der Waals surface area contributed by atoms with E-state index >= 15 is 0 Å². The minimum absolute atomic E-state index is 0.00789. The Morgan fingerprint density at radius 3 is 2.93 bits per heavy atom. The van der Waals surface area contributed by atoms with Crippen molar-refractivity contribution in [1.82, 2.24) is 20.1 Å². The smallest absolute Gasteiger partial charge is 0.333 e. The molecule has 0 bridgehead atoms. The minimum Gasteiger partial charge on any atom is -0.463 e. The van der Waals surface area contributed by atoms with E-state index < -0.39 is 5.97 Å². The fraction of sp³-hybridized carbons (Fsp3) is 0.333. The van der Waals surface area contributed by atoms with Crippen molar-refractivity contribution in [2.75, 3.05) is 24.7 Å². The third-order valence-electron chi connectivity index (χ3n) is 3.77. The second-order valence-electron chi connectivity index (χ2n) is 5.75. The maximum atomic E-state index is 12.0. The number of aryl methyl sites for hydroxylation is 1. The maximum absolute atomic E-state index is 12.0. The van der Waals surface area contributed by atoms with Gasteiger partial charge in [-0.05, 0) is 13.8 Å². The number of aromatic nitrogens is 3. The third-order valence-corrected chi connectivity index (χ3v) is 5.63. The monoisotopic (exact) mass is 404 g/mol. The molecule has 9 heteroatoms. The zero-order chi connectivity index (χ0) is 19.2. The van der Waals surface area contributed by atoms with Crippen LogP contribution >= 0.6 is 23.5 Å². The third kappa shape index (κ3) is 5.14. The highest BCUT2D eigenvalue weighted by atomic mass is 32.2. The van der Waals surface area contributed by atoms with Crippen molar-refractivity contribution in [3.8, 4) is 11.4 Å². The summed E-state index contributed by atoms with van der Waals surface area (Å²) in [6.07, 6.45) is 1.38. The topological polar surface area (TPSA) is 88.2 Å². The molecular weight excluding hydrogens is 384 g/mol. The summed E-state index contributed by atoms with van der Waals surface area (Å²) in [5, 5.41) is 8.42. The van der Waals surface area contributed by atoms with Crippen LogP contribution in [0.3, 0.4) is 0 Å². The molecular formula is C18H20N4O3S2. The molecule has 27 heavy (non-hydrogen) atoms. The van der Waals surface area contributed by atoms with Crippen LogP contribution in [-0.4, -0.2) is 56.6 Å². The summed E-state index contributed by atoms with van der Waals surface area (Å²) >= 11 is 2.81. The Morgan fingerprint density at radius 1 is 1.41 bits per heavy atom. The van der Waals surface area contributed by atoms with Crippen LogP contribution in [-0.2, 0) is 14.3 Å². The van der Waals surface area contributed by atoms with Gasteiger partial charge in [-0.1, -0.05) is 53.4 Å². The Labute approximate surface area is 166 Å². The van der Waals surface area contributed by atoms with E-state index in [1.807, 2.05) is 31.2 Å². The van der Waals surface area contributed by atoms with Gasteiger partial charge in [0.2, 0.25) is 11.1 Å². The fourth-order valence-electron chi connectivity index (χ4n) is 2.43. The van der Waals surface area contributed by atoms with E-state index in [-0.39, 0.29) is 5.91 Å². The maximum Gasteiger partial charge on any atom is 0.333 e. The number of aromatic amines is 1. The molecule has 1 aliphatic heterocycles. The number of H-pyrrole nitrogens is 1. The summed E-state index contributed by atoms with van der Waals surface area (Å²) in [4.78, 5) is 29.8. The molecule has 7 nitrogen and oxygen atoms in total. The number of hydrogen-bond acceptors (Lipinski definition) is 7. The van der Waals surface area contributed by atoms with Crippen LogP contribution in [0.4, 0.5) is 0 Å². The van der Waals surface area contributed by atoms with Crippen LogP contribution in [0.2, 0.25) is 0 Å². The Hall–Kier alpha value is -2.26. The number of benzene rings is 1. The van der Waals surface area contributed by atoms with E-state index in [1.54, 1.807) is 11.8 Å². The molecule has 2 aromatic rings. The van der Waals surface area contributed by atoms with Gasteiger partial charge in [-0.25, -0.2) is 9.78 Å². The number of rotatable bonds is 7. The molecule has 0 unspecified atom stereocenters. The Morgan fingerprint density at radius 2 is 2.19 bits per heavy atom. The molecule has 0 radical (unpaired) electrons. The summed E-state index contributed by atoms with van der Waals surface area (Å²) in [6, 6.07) is 8.05. The molecule has 3 rings (SSSR count). The largest absolute Gasteiger partial charge is 0.463 e. The second-order valence-corrected chi connectivity index (χ2v) is 7.81. The molecule has 1 amide bonds. The van der Waals surface area contributed by atoms with Crippen LogP contribution in [0.1, 0.15) is 12.5 Å². The number of ether oxygens (including phenoxy) is 1. The number of thioether (sulfide) groups is 2. The molecule has 0 aliphatic carbocycles. The summed E-state index contributed by atoms with van der Waals surface area (Å²) in [6.45, 7) is 4.58. The van der Waals surface area contributed by atoms with Gasteiger partial charge >= 0.3 is 5.97 Å². The van der Waals surface area contributed by atoms with Gasteiger partial charge in [0, 0.05) is 17.9 Å². The molecule has 1 saturated heterocycles. The van der Waals surface area contributed by atoms with Crippen molar-refractivity contribution in [3.63, 3.8) is 0 Å². The number of nitrogens with zero attached hydrogens (tertiary/aromatic N) is 3. The van der Waals surface area contributed by atoms with E-state index in [0.717, 1.165) is 5.56 Å². The first-order chi connectivity index (χ1) is 13.1. The van der Waals surface area contributed by atoms with Gasteiger partial charge in [-0.15, -0.1) is 5.10 Å². The molecule has 1 aromatic carbocycles. The van der Waals surface area contributed by atoms with Crippen molar-refractivity contribution in [3.05, 3.63) is 40.9 Å². The molecule has 0 atom stereocenters. The predicted octanol–water partition coefficient (Wildman–Crippen LogP) is 2.85. The summed E-state index contributed by atoms with van der Waals surface area (Å²) < 4.78 is 4.92. The summed E-state index contributed by atoms with van der Waals surface area (Å²) in [5.41, 5.74) is 2.17. The van der Waals surface area contributed by atoms with Crippen LogP contribution in [0, 0.1) is 6.92 Å². The van der Waals surface area contributed by atoms with Crippen molar-refractivity contribution < 1.29 is 14.3 Å². The second kappa shape index (κ2) is 9.09. The molecule has 0 saturated carbocycles. The van der Waals surface area contributed by atoms with Crippen LogP contribution in [0.5, 0.6) is 0 Å². The van der Waals surface area contributed by atoms with Gasteiger partial charge in [-0.2, -0.15) is 0 Å². The number of nitrogens with one attached hydrogen (secondary N) is 1. The van der Waals surface area contributed by atoms with Gasteiger partial charge in [-0.3, -0.25) is 9.89 Å². The molecule has 0 spiro atoms. The molecule has 1 aromatic heterocycles. The first kappa shape index (κ1) is 19.5. The first-order valence-electron chi connectivity index (χ1n) is 8.50. The van der Waals surface area contributed by atoms with Crippen molar-refractivity contribution in [1.29, 1.82) is 0 Å². The summed E-state index contributed by atoms with van der Waals surface area (Å²) in [5.74, 6) is 1.25. The van der Waals surface area contributed by atoms with Crippen molar-refractivity contribution in [2.24, 2.45) is 0 Å². The van der Waals surface area contributed by atoms with Crippen molar-refractivity contribution in [2.45, 2.75) is 19.0 Å². The number of carbonyl (C=O) groups is 2. The highest BCUT2D eigenvalue weighted by Gasteiger charge is 2.27. The standard InChI is InChI=1S/C18H20N4O3S2/c1-3-25-16(24)10-15-22(14(23)11-27-15)8-9-26-18-19-17(20-21-18)13-6-4-12(2)5-7-13/h4-7,10H,3,8-9,11H2,1-2H3,(H,19,20,21)/b15-10+. The fourth-order valence-corrected chi connectivity index (χ4v) is 4.11. The summed E-state index contributed by atoms with van der Waals surface area (Å²) in [7, 11) is 0. The van der Waals surface area contributed by atoms with E-state index in [4.69, 9.17) is 4.74 Å². The highest BCUT2D eigenvalue weighted by molar-refractivity contribution is 8.04. The van der Waals surface area contributed by atoms with Crippen LogP contribution in [0.15, 0.2) is 40.5 Å². The average molecular weight is 405 g/mol. The van der Waals surface area contributed by atoms with E-state index in [9.17, 15) is 9.59 Å². The molecule has 1 fully saturated rings. The van der Waals surface area contributed by atoms with E-state index in [1.165, 1.54) is 35.2 Å². The zero-order valence-electron chi connectivity index (χ0n) is 15.1.